The number of rotatable bonds is 5. The minimum absolute atomic E-state index is 0.119. The van der Waals surface area contributed by atoms with E-state index in [2.05, 4.69) is 27.7 Å². The molecule has 0 aromatic carbocycles. The zero-order valence-corrected chi connectivity index (χ0v) is 18.3. The third-order valence-electron chi connectivity index (χ3n) is 4.99. The lowest BCUT2D eigenvalue weighted by Gasteiger charge is -2.29. The molecule has 0 radical (unpaired) electrons. The Kier molecular flexibility index (Phi) is 7.83. The second-order valence-electron chi connectivity index (χ2n) is 7.67. The van der Waals surface area contributed by atoms with Gasteiger partial charge in [0.2, 0.25) is 23.6 Å². The van der Waals surface area contributed by atoms with Crippen molar-refractivity contribution in [1.29, 1.82) is 0 Å². The summed E-state index contributed by atoms with van der Waals surface area (Å²) in [7, 11) is 6.54. The predicted octanol–water partition coefficient (Wildman–Crippen LogP) is 2.76. The van der Waals surface area contributed by atoms with Crippen LogP contribution in [0.3, 0.4) is 0 Å². The minimum Gasteiger partial charge on any atom is -0.483 e. The summed E-state index contributed by atoms with van der Waals surface area (Å²) in [6, 6.07) is -0.659. The first-order chi connectivity index (χ1) is 13.4. The number of ether oxygens (including phenoxy) is 4. The molecule has 8 nitrogen and oxygen atoms in total. The molecule has 0 bridgehead atoms. The van der Waals surface area contributed by atoms with Gasteiger partial charge in [-0.2, -0.15) is 0 Å². The maximum atomic E-state index is 5.53. The standard InChI is InChI=1S/C20H34N4O4/c1-11(2)15-19(27-7)21-13(17(23-15)25-5)9-10-14-18(26-6)24-16(12(3)4)20(22-14)28-8/h11-16H,9-10H2,1-8H3/t13-,14+,15-,16-/m0/s1. The normalized spacial score (nSPS) is 27.6. The monoisotopic (exact) mass is 394 g/mol. The van der Waals surface area contributed by atoms with E-state index in [0.717, 1.165) is 0 Å². The zero-order chi connectivity index (χ0) is 20.8. The zero-order valence-electron chi connectivity index (χ0n) is 18.3. The quantitative estimate of drug-likeness (QED) is 0.717. The Morgan fingerprint density at radius 1 is 0.571 bits per heavy atom. The van der Waals surface area contributed by atoms with Crippen molar-refractivity contribution < 1.29 is 18.9 Å². The Morgan fingerprint density at radius 2 is 0.893 bits per heavy atom. The molecule has 4 atom stereocenters. The van der Waals surface area contributed by atoms with E-state index in [-0.39, 0.29) is 36.0 Å². The van der Waals surface area contributed by atoms with Gasteiger partial charge in [-0.25, -0.2) is 20.0 Å². The molecule has 0 aromatic rings. The van der Waals surface area contributed by atoms with Gasteiger partial charge in [0, 0.05) is 0 Å². The molecule has 2 heterocycles. The van der Waals surface area contributed by atoms with E-state index >= 15 is 0 Å². The summed E-state index contributed by atoms with van der Waals surface area (Å²) in [6.07, 6.45) is 1.37. The van der Waals surface area contributed by atoms with Crippen LogP contribution in [0.1, 0.15) is 40.5 Å². The topological polar surface area (TPSA) is 86.4 Å². The van der Waals surface area contributed by atoms with Crippen molar-refractivity contribution in [2.24, 2.45) is 31.8 Å². The third kappa shape index (κ3) is 4.83. The fourth-order valence-electron chi connectivity index (χ4n) is 3.41. The van der Waals surface area contributed by atoms with Crippen molar-refractivity contribution in [1.82, 2.24) is 0 Å². The summed E-state index contributed by atoms with van der Waals surface area (Å²) in [5.41, 5.74) is 0. The fourth-order valence-corrected chi connectivity index (χ4v) is 3.41. The Morgan fingerprint density at radius 3 is 1.14 bits per heavy atom. The molecular weight excluding hydrogens is 360 g/mol. The van der Waals surface area contributed by atoms with Crippen LogP contribution in [0.5, 0.6) is 0 Å². The lowest BCUT2D eigenvalue weighted by atomic mass is 9.99. The van der Waals surface area contributed by atoms with Crippen molar-refractivity contribution in [2.75, 3.05) is 28.4 Å². The Balaban J connectivity index is 2.17. The van der Waals surface area contributed by atoms with E-state index in [4.69, 9.17) is 38.9 Å². The number of methoxy groups -OCH3 is 4. The molecule has 28 heavy (non-hydrogen) atoms. The second kappa shape index (κ2) is 9.89. The summed E-state index contributed by atoms with van der Waals surface area (Å²) in [6.45, 7) is 8.36. The molecule has 8 heteroatoms. The molecule has 0 N–H and O–H groups in total. The van der Waals surface area contributed by atoms with Crippen LogP contribution in [0.4, 0.5) is 0 Å². The number of hydrogen-bond acceptors (Lipinski definition) is 8. The van der Waals surface area contributed by atoms with Crippen LogP contribution in [0.15, 0.2) is 20.0 Å². The molecule has 2 aliphatic heterocycles. The van der Waals surface area contributed by atoms with Crippen molar-refractivity contribution >= 4 is 23.6 Å². The summed E-state index contributed by atoms with van der Waals surface area (Å²) in [5.74, 6) is 3.09. The summed E-state index contributed by atoms with van der Waals surface area (Å²) < 4.78 is 22.0. The van der Waals surface area contributed by atoms with Gasteiger partial charge in [0.05, 0.1) is 28.4 Å². The highest BCUT2D eigenvalue weighted by Gasteiger charge is 2.34. The molecule has 0 spiro atoms. The predicted molar refractivity (Wildman–Crippen MR) is 112 cm³/mol. The maximum absolute atomic E-state index is 5.53. The first-order valence-corrected chi connectivity index (χ1v) is 9.82. The second-order valence-corrected chi connectivity index (χ2v) is 7.67. The first-order valence-electron chi connectivity index (χ1n) is 9.82. The van der Waals surface area contributed by atoms with Gasteiger partial charge in [-0.1, -0.05) is 27.7 Å². The Hall–Kier alpha value is -2.12. The molecule has 0 unspecified atom stereocenters. The summed E-state index contributed by atoms with van der Waals surface area (Å²) >= 11 is 0. The van der Waals surface area contributed by atoms with E-state index < -0.39 is 0 Å². The van der Waals surface area contributed by atoms with E-state index in [9.17, 15) is 0 Å². The van der Waals surface area contributed by atoms with Crippen molar-refractivity contribution in [2.45, 2.75) is 64.7 Å². The molecule has 158 valence electrons. The van der Waals surface area contributed by atoms with Gasteiger partial charge in [0.1, 0.15) is 24.2 Å². The van der Waals surface area contributed by atoms with Crippen LogP contribution in [0, 0.1) is 11.8 Å². The van der Waals surface area contributed by atoms with Crippen molar-refractivity contribution in [3.8, 4) is 0 Å². The van der Waals surface area contributed by atoms with Gasteiger partial charge in [0.25, 0.3) is 0 Å². The van der Waals surface area contributed by atoms with E-state index in [1.54, 1.807) is 28.4 Å². The minimum atomic E-state index is -0.211. The van der Waals surface area contributed by atoms with E-state index in [1.807, 2.05) is 0 Å². The smallest absolute Gasteiger partial charge is 0.209 e. The highest BCUT2D eigenvalue weighted by molar-refractivity contribution is 5.95. The van der Waals surface area contributed by atoms with Crippen LogP contribution in [-0.4, -0.2) is 76.2 Å². The first kappa shape index (κ1) is 22.2. The number of aliphatic imine (C=N–C) groups is 4. The van der Waals surface area contributed by atoms with Crippen LogP contribution in [0.25, 0.3) is 0 Å². The van der Waals surface area contributed by atoms with Gasteiger partial charge in [0.15, 0.2) is 0 Å². The lowest BCUT2D eigenvalue weighted by Crippen LogP contribution is -2.39. The third-order valence-corrected chi connectivity index (χ3v) is 4.99. The largest absolute Gasteiger partial charge is 0.483 e. The summed E-state index contributed by atoms with van der Waals surface area (Å²) in [4.78, 5) is 18.9. The molecule has 2 aliphatic rings. The van der Waals surface area contributed by atoms with Gasteiger partial charge in [-0.3, -0.25) is 0 Å². The molecule has 2 rings (SSSR count). The van der Waals surface area contributed by atoms with Gasteiger partial charge in [-0.05, 0) is 24.7 Å². The molecule has 0 aromatic heterocycles. The van der Waals surface area contributed by atoms with Gasteiger partial charge >= 0.3 is 0 Å². The van der Waals surface area contributed by atoms with Crippen LogP contribution in [0.2, 0.25) is 0 Å². The maximum Gasteiger partial charge on any atom is 0.209 e. The van der Waals surface area contributed by atoms with Crippen LogP contribution in [-0.2, 0) is 18.9 Å². The molecule has 0 aliphatic carbocycles. The SMILES string of the molecule is COC1=N[C@@H](C(C)C)C(OC)=N[C@H]1CC[C@H]1N=C(OC)[C@H](C(C)C)N=C1OC. The lowest BCUT2D eigenvalue weighted by molar-refractivity contribution is 0.320. The molecule has 0 amide bonds. The van der Waals surface area contributed by atoms with Gasteiger partial charge in [-0.15, -0.1) is 0 Å². The van der Waals surface area contributed by atoms with Gasteiger partial charge < -0.3 is 18.9 Å². The molecular formula is C20H34N4O4. The molecule has 0 saturated carbocycles. The van der Waals surface area contributed by atoms with E-state index in [0.29, 0.717) is 36.4 Å². The molecule has 0 fully saturated rings. The highest BCUT2D eigenvalue weighted by atomic mass is 16.5. The molecule has 0 saturated heterocycles. The van der Waals surface area contributed by atoms with Crippen LogP contribution < -0.4 is 0 Å². The number of hydrogen-bond donors (Lipinski definition) is 0. The van der Waals surface area contributed by atoms with Crippen molar-refractivity contribution in [3.05, 3.63) is 0 Å². The van der Waals surface area contributed by atoms with Crippen LogP contribution >= 0.6 is 0 Å². The highest BCUT2D eigenvalue weighted by Crippen LogP contribution is 2.24. The van der Waals surface area contributed by atoms with E-state index in [1.165, 1.54) is 0 Å². The fraction of sp³-hybridized carbons (Fsp3) is 0.800. The summed E-state index contributed by atoms with van der Waals surface area (Å²) in [5, 5.41) is 0. The average molecular weight is 395 g/mol. The Labute approximate surface area is 168 Å². The average Bonchev–Trinajstić information content (AvgIpc) is 2.70. The number of nitrogens with zero attached hydrogens (tertiary/aromatic N) is 4. The van der Waals surface area contributed by atoms with Crippen molar-refractivity contribution in [3.63, 3.8) is 0 Å². The Bertz CT molecular complexity index is 599.